The van der Waals surface area contributed by atoms with Crippen LogP contribution in [-0.4, -0.2) is 6.04 Å². The van der Waals surface area contributed by atoms with Crippen molar-refractivity contribution in [2.75, 3.05) is 5.32 Å². The Bertz CT molecular complexity index is 352. The molecule has 0 spiro atoms. The minimum absolute atomic E-state index is 0.482. The standard InChI is InChI=1S/C13H19BrClN/c1-4-5-6-10(3)16-13-8-12(15)9(2)7-11(13)14/h7-8,10,16H,4-6H2,1-3H3. The maximum atomic E-state index is 6.11. The van der Waals surface area contributed by atoms with E-state index in [0.717, 1.165) is 20.7 Å². The van der Waals surface area contributed by atoms with Crippen molar-refractivity contribution in [3.63, 3.8) is 0 Å². The zero-order chi connectivity index (χ0) is 12.1. The molecule has 0 saturated heterocycles. The summed E-state index contributed by atoms with van der Waals surface area (Å²) >= 11 is 9.67. The van der Waals surface area contributed by atoms with Crippen LogP contribution >= 0.6 is 27.5 Å². The number of anilines is 1. The minimum Gasteiger partial charge on any atom is -0.382 e. The highest BCUT2D eigenvalue weighted by atomic mass is 79.9. The third-order valence-corrected chi connectivity index (χ3v) is 3.70. The Balaban J connectivity index is 2.69. The molecule has 0 aliphatic heterocycles. The van der Waals surface area contributed by atoms with Crippen LogP contribution in [0, 0.1) is 6.92 Å². The average Bonchev–Trinajstić information content (AvgIpc) is 2.23. The summed E-state index contributed by atoms with van der Waals surface area (Å²) < 4.78 is 1.08. The van der Waals surface area contributed by atoms with Crippen molar-refractivity contribution in [1.82, 2.24) is 0 Å². The number of hydrogen-bond donors (Lipinski definition) is 1. The van der Waals surface area contributed by atoms with Crippen molar-refractivity contribution < 1.29 is 0 Å². The first-order valence-electron chi connectivity index (χ1n) is 5.76. The van der Waals surface area contributed by atoms with E-state index in [9.17, 15) is 0 Å². The Hall–Kier alpha value is -0.210. The molecule has 0 saturated carbocycles. The van der Waals surface area contributed by atoms with E-state index < -0.39 is 0 Å². The lowest BCUT2D eigenvalue weighted by Crippen LogP contribution is -2.15. The first-order chi connectivity index (χ1) is 7.54. The second-order valence-corrected chi connectivity index (χ2v) is 5.53. The molecule has 0 fully saturated rings. The van der Waals surface area contributed by atoms with Crippen LogP contribution in [0.25, 0.3) is 0 Å². The quantitative estimate of drug-likeness (QED) is 0.768. The Labute approximate surface area is 112 Å². The van der Waals surface area contributed by atoms with E-state index in [-0.39, 0.29) is 0 Å². The van der Waals surface area contributed by atoms with E-state index >= 15 is 0 Å². The fourth-order valence-electron chi connectivity index (χ4n) is 1.60. The summed E-state index contributed by atoms with van der Waals surface area (Å²) in [6.07, 6.45) is 3.68. The highest BCUT2D eigenvalue weighted by molar-refractivity contribution is 9.10. The van der Waals surface area contributed by atoms with Gasteiger partial charge in [0.05, 0.1) is 5.69 Å². The predicted molar refractivity (Wildman–Crippen MR) is 76.5 cm³/mol. The lowest BCUT2D eigenvalue weighted by atomic mass is 10.1. The van der Waals surface area contributed by atoms with Crippen molar-refractivity contribution in [2.24, 2.45) is 0 Å². The number of nitrogens with one attached hydrogen (secondary N) is 1. The van der Waals surface area contributed by atoms with Crippen LogP contribution in [0.2, 0.25) is 5.02 Å². The van der Waals surface area contributed by atoms with Crippen LogP contribution in [0.5, 0.6) is 0 Å². The third-order valence-electron chi connectivity index (χ3n) is 2.64. The molecule has 0 amide bonds. The van der Waals surface area contributed by atoms with Gasteiger partial charge in [0.15, 0.2) is 0 Å². The van der Waals surface area contributed by atoms with Gasteiger partial charge in [-0.1, -0.05) is 31.4 Å². The van der Waals surface area contributed by atoms with E-state index in [1.54, 1.807) is 0 Å². The van der Waals surface area contributed by atoms with Crippen molar-refractivity contribution in [2.45, 2.75) is 46.1 Å². The number of unbranched alkanes of at least 4 members (excludes halogenated alkanes) is 1. The Morgan fingerprint density at radius 2 is 2.12 bits per heavy atom. The smallest absolute Gasteiger partial charge is 0.0501 e. The molecular weight excluding hydrogens is 286 g/mol. The van der Waals surface area contributed by atoms with Gasteiger partial charge >= 0.3 is 0 Å². The van der Waals surface area contributed by atoms with Crippen molar-refractivity contribution in [1.29, 1.82) is 0 Å². The second kappa shape index (κ2) is 6.51. The molecule has 1 N–H and O–H groups in total. The van der Waals surface area contributed by atoms with Gasteiger partial charge in [0.25, 0.3) is 0 Å². The first kappa shape index (κ1) is 13.9. The SMILES string of the molecule is CCCCC(C)Nc1cc(Cl)c(C)cc1Br. The third kappa shape index (κ3) is 3.99. The number of benzene rings is 1. The van der Waals surface area contributed by atoms with Crippen LogP contribution in [0.15, 0.2) is 16.6 Å². The van der Waals surface area contributed by atoms with E-state index in [0.29, 0.717) is 6.04 Å². The first-order valence-corrected chi connectivity index (χ1v) is 6.94. The molecule has 3 heteroatoms. The Kier molecular flexibility index (Phi) is 5.63. The summed E-state index contributed by atoms with van der Waals surface area (Å²) in [4.78, 5) is 0. The summed E-state index contributed by atoms with van der Waals surface area (Å²) in [5.74, 6) is 0. The van der Waals surface area contributed by atoms with Crippen molar-refractivity contribution in [3.05, 3.63) is 27.2 Å². The molecule has 0 aromatic heterocycles. The predicted octanol–water partition coefficient (Wildman–Crippen LogP) is 5.40. The van der Waals surface area contributed by atoms with Gasteiger partial charge in [-0.2, -0.15) is 0 Å². The maximum Gasteiger partial charge on any atom is 0.0501 e. The van der Waals surface area contributed by atoms with Gasteiger partial charge in [-0.15, -0.1) is 0 Å². The molecule has 90 valence electrons. The Morgan fingerprint density at radius 3 is 2.75 bits per heavy atom. The van der Waals surface area contributed by atoms with Crippen LogP contribution in [0.4, 0.5) is 5.69 Å². The van der Waals surface area contributed by atoms with Gasteiger partial charge in [0.1, 0.15) is 0 Å². The molecule has 0 aliphatic rings. The molecule has 1 unspecified atom stereocenters. The van der Waals surface area contributed by atoms with Gasteiger partial charge in [-0.3, -0.25) is 0 Å². The fourth-order valence-corrected chi connectivity index (χ4v) is 2.34. The summed E-state index contributed by atoms with van der Waals surface area (Å²) in [6.45, 7) is 6.43. The molecule has 0 aliphatic carbocycles. The second-order valence-electron chi connectivity index (χ2n) is 4.27. The highest BCUT2D eigenvalue weighted by Gasteiger charge is 2.07. The highest BCUT2D eigenvalue weighted by Crippen LogP contribution is 2.29. The van der Waals surface area contributed by atoms with Gasteiger partial charge in [-0.25, -0.2) is 0 Å². The van der Waals surface area contributed by atoms with Gasteiger partial charge in [0, 0.05) is 15.5 Å². The zero-order valence-corrected chi connectivity index (χ0v) is 12.5. The number of halogens is 2. The molecule has 1 atom stereocenters. The number of rotatable bonds is 5. The molecule has 1 aromatic carbocycles. The molecule has 0 heterocycles. The van der Waals surface area contributed by atoms with E-state index in [1.165, 1.54) is 19.3 Å². The summed E-state index contributed by atoms with van der Waals surface area (Å²) in [5.41, 5.74) is 2.18. The normalized spacial score (nSPS) is 12.6. The molecule has 1 rings (SSSR count). The Morgan fingerprint density at radius 1 is 1.44 bits per heavy atom. The lowest BCUT2D eigenvalue weighted by molar-refractivity contribution is 0.645. The van der Waals surface area contributed by atoms with Crippen molar-refractivity contribution >= 4 is 33.2 Å². The molecule has 0 bridgehead atoms. The summed E-state index contributed by atoms with van der Waals surface area (Å²) in [7, 11) is 0. The largest absolute Gasteiger partial charge is 0.382 e. The van der Waals surface area contributed by atoms with Gasteiger partial charge in [-0.05, 0) is 53.9 Å². The monoisotopic (exact) mass is 303 g/mol. The topological polar surface area (TPSA) is 12.0 Å². The van der Waals surface area contributed by atoms with E-state index in [4.69, 9.17) is 11.6 Å². The average molecular weight is 305 g/mol. The van der Waals surface area contributed by atoms with E-state index in [2.05, 4.69) is 41.2 Å². The van der Waals surface area contributed by atoms with Gasteiger partial charge in [0.2, 0.25) is 0 Å². The van der Waals surface area contributed by atoms with Crippen LogP contribution in [0.3, 0.4) is 0 Å². The van der Waals surface area contributed by atoms with Crippen molar-refractivity contribution in [3.8, 4) is 0 Å². The fraction of sp³-hybridized carbons (Fsp3) is 0.538. The summed E-state index contributed by atoms with van der Waals surface area (Å²) in [5, 5.41) is 4.30. The molecule has 0 radical (unpaired) electrons. The van der Waals surface area contributed by atoms with Crippen LogP contribution in [-0.2, 0) is 0 Å². The molecule has 1 nitrogen and oxygen atoms in total. The van der Waals surface area contributed by atoms with Crippen LogP contribution in [0.1, 0.15) is 38.7 Å². The molecule has 16 heavy (non-hydrogen) atoms. The van der Waals surface area contributed by atoms with Crippen LogP contribution < -0.4 is 5.32 Å². The number of hydrogen-bond acceptors (Lipinski definition) is 1. The summed E-state index contributed by atoms with van der Waals surface area (Å²) in [6, 6.07) is 4.52. The molecule has 1 aromatic rings. The van der Waals surface area contributed by atoms with E-state index in [1.807, 2.05) is 13.0 Å². The lowest BCUT2D eigenvalue weighted by Gasteiger charge is -2.17. The number of aryl methyl sites for hydroxylation is 1. The molecular formula is C13H19BrClN. The zero-order valence-electron chi connectivity index (χ0n) is 10.1. The van der Waals surface area contributed by atoms with Gasteiger partial charge < -0.3 is 5.32 Å². The minimum atomic E-state index is 0.482. The maximum absolute atomic E-state index is 6.11.